The van der Waals surface area contributed by atoms with Crippen LogP contribution in [0.25, 0.3) is 0 Å². The molecule has 1 aromatic rings. The molecule has 3 rings (SSSR count). The second kappa shape index (κ2) is 8.37. The number of benzene rings is 1. The van der Waals surface area contributed by atoms with Gasteiger partial charge in [0.1, 0.15) is 0 Å². The third-order valence-corrected chi connectivity index (χ3v) is 6.31. The van der Waals surface area contributed by atoms with Crippen LogP contribution in [0.3, 0.4) is 0 Å². The van der Waals surface area contributed by atoms with Crippen molar-refractivity contribution < 1.29 is 17.9 Å². The summed E-state index contributed by atoms with van der Waals surface area (Å²) < 4.78 is 30.8. The molecule has 0 radical (unpaired) electrons. The number of piperidine rings is 2. The fourth-order valence-corrected chi connectivity index (χ4v) is 4.37. The van der Waals surface area contributed by atoms with Crippen molar-refractivity contribution >= 4 is 21.7 Å². The van der Waals surface area contributed by atoms with Crippen LogP contribution in [0.2, 0.25) is 0 Å². The molecule has 0 aromatic heterocycles. The first kappa shape index (κ1) is 19.1. The molecule has 2 heterocycles. The molecule has 2 aliphatic heterocycles. The second-order valence-electron chi connectivity index (χ2n) is 6.98. The molecule has 0 atom stereocenters. The SMILES string of the molecule is CS(=O)(=O)N1CCC(OC2CCN(C(=O)Nc3ccccc3)CC2)CC1. The van der Waals surface area contributed by atoms with E-state index in [0.717, 1.165) is 31.4 Å². The molecule has 2 fully saturated rings. The number of hydrogen-bond acceptors (Lipinski definition) is 4. The van der Waals surface area contributed by atoms with E-state index in [1.807, 2.05) is 35.2 Å². The smallest absolute Gasteiger partial charge is 0.321 e. The molecule has 0 unspecified atom stereocenters. The Hall–Kier alpha value is -1.64. The molecule has 1 aromatic carbocycles. The van der Waals surface area contributed by atoms with Gasteiger partial charge in [0.25, 0.3) is 0 Å². The Balaban J connectivity index is 1.40. The van der Waals surface area contributed by atoms with Crippen LogP contribution in [0, 0.1) is 0 Å². The van der Waals surface area contributed by atoms with Crippen molar-refractivity contribution in [2.45, 2.75) is 37.9 Å². The third-order valence-electron chi connectivity index (χ3n) is 5.01. The summed E-state index contributed by atoms with van der Waals surface area (Å²) in [6, 6.07) is 9.37. The van der Waals surface area contributed by atoms with Gasteiger partial charge in [-0.05, 0) is 37.8 Å². The molecule has 0 spiro atoms. The molecule has 26 heavy (non-hydrogen) atoms. The Morgan fingerprint density at radius 1 is 1.00 bits per heavy atom. The van der Waals surface area contributed by atoms with E-state index < -0.39 is 10.0 Å². The number of carbonyl (C=O) groups excluding carboxylic acids is 1. The number of likely N-dealkylation sites (tertiary alicyclic amines) is 1. The van der Waals surface area contributed by atoms with Crippen LogP contribution in [0.5, 0.6) is 0 Å². The molecule has 1 N–H and O–H groups in total. The lowest BCUT2D eigenvalue weighted by atomic mass is 10.1. The molecule has 8 heteroatoms. The van der Waals surface area contributed by atoms with Crippen molar-refractivity contribution in [3.63, 3.8) is 0 Å². The van der Waals surface area contributed by atoms with E-state index in [2.05, 4.69) is 5.32 Å². The van der Waals surface area contributed by atoms with Gasteiger partial charge in [-0.3, -0.25) is 0 Å². The van der Waals surface area contributed by atoms with Crippen molar-refractivity contribution in [2.24, 2.45) is 0 Å². The summed E-state index contributed by atoms with van der Waals surface area (Å²) in [6.07, 6.45) is 4.62. The summed E-state index contributed by atoms with van der Waals surface area (Å²) >= 11 is 0. The van der Waals surface area contributed by atoms with E-state index in [4.69, 9.17) is 4.74 Å². The normalized spacial score (nSPS) is 20.9. The second-order valence-corrected chi connectivity index (χ2v) is 8.96. The first-order chi connectivity index (χ1) is 12.4. The van der Waals surface area contributed by atoms with E-state index in [-0.39, 0.29) is 18.2 Å². The fourth-order valence-electron chi connectivity index (χ4n) is 3.49. The molecular formula is C18H27N3O4S. The van der Waals surface area contributed by atoms with Crippen LogP contribution >= 0.6 is 0 Å². The summed E-state index contributed by atoms with van der Waals surface area (Å²) in [6.45, 7) is 2.40. The molecule has 0 saturated carbocycles. The van der Waals surface area contributed by atoms with Crippen LogP contribution in [0.1, 0.15) is 25.7 Å². The Labute approximate surface area is 155 Å². The van der Waals surface area contributed by atoms with Gasteiger partial charge in [-0.2, -0.15) is 0 Å². The number of nitrogens with one attached hydrogen (secondary N) is 1. The van der Waals surface area contributed by atoms with Gasteiger partial charge in [-0.1, -0.05) is 18.2 Å². The lowest BCUT2D eigenvalue weighted by Crippen LogP contribution is -2.45. The number of amides is 2. The van der Waals surface area contributed by atoms with Gasteiger partial charge >= 0.3 is 6.03 Å². The molecule has 2 aliphatic rings. The predicted molar refractivity (Wildman–Crippen MR) is 101 cm³/mol. The fraction of sp³-hybridized carbons (Fsp3) is 0.611. The van der Waals surface area contributed by atoms with Crippen LogP contribution in [0.4, 0.5) is 10.5 Å². The molecule has 0 bridgehead atoms. The lowest BCUT2D eigenvalue weighted by molar-refractivity contribution is -0.0542. The maximum Gasteiger partial charge on any atom is 0.321 e. The Morgan fingerprint density at radius 2 is 1.54 bits per heavy atom. The van der Waals surface area contributed by atoms with Crippen molar-refractivity contribution in [2.75, 3.05) is 37.8 Å². The van der Waals surface area contributed by atoms with E-state index in [1.54, 1.807) is 0 Å². The maximum atomic E-state index is 12.3. The molecule has 0 aliphatic carbocycles. The van der Waals surface area contributed by atoms with Gasteiger partial charge in [0.15, 0.2) is 0 Å². The maximum absolute atomic E-state index is 12.3. The topological polar surface area (TPSA) is 79.0 Å². The summed E-state index contributed by atoms with van der Waals surface area (Å²) in [4.78, 5) is 14.1. The highest BCUT2D eigenvalue weighted by Crippen LogP contribution is 2.22. The van der Waals surface area contributed by atoms with Gasteiger partial charge in [0.05, 0.1) is 18.5 Å². The zero-order valence-corrected chi connectivity index (χ0v) is 16.0. The minimum Gasteiger partial charge on any atom is -0.375 e. The van der Waals surface area contributed by atoms with Crippen molar-refractivity contribution in [3.8, 4) is 0 Å². The highest BCUT2D eigenvalue weighted by Gasteiger charge is 2.29. The zero-order chi connectivity index (χ0) is 18.6. The van der Waals surface area contributed by atoms with E-state index in [1.165, 1.54) is 10.6 Å². The van der Waals surface area contributed by atoms with E-state index in [9.17, 15) is 13.2 Å². The highest BCUT2D eigenvalue weighted by atomic mass is 32.2. The molecule has 144 valence electrons. The quantitative estimate of drug-likeness (QED) is 0.866. The summed E-state index contributed by atoms with van der Waals surface area (Å²) in [7, 11) is -3.10. The summed E-state index contributed by atoms with van der Waals surface area (Å²) in [5.74, 6) is 0. The Morgan fingerprint density at radius 3 is 2.08 bits per heavy atom. The number of hydrogen-bond donors (Lipinski definition) is 1. The molecule has 2 amide bonds. The Kier molecular flexibility index (Phi) is 6.16. The largest absolute Gasteiger partial charge is 0.375 e. The minimum atomic E-state index is -3.10. The van der Waals surface area contributed by atoms with Crippen molar-refractivity contribution in [3.05, 3.63) is 30.3 Å². The minimum absolute atomic E-state index is 0.0730. The molecule has 2 saturated heterocycles. The number of sulfonamides is 1. The van der Waals surface area contributed by atoms with Gasteiger partial charge in [-0.15, -0.1) is 0 Å². The standard InChI is InChI=1S/C18H27N3O4S/c1-26(23,24)21-13-9-17(10-14-21)25-16-7-11-20(12-8-16)18(22)19-15-5-3-2-4-6-15/h2-6,16-17H,7-14H2,1H3,(H,19,22). The number of carbonyl (C=O) groups is 1. The first-order valence-corrected chi connectivity index (χ1v) is 11.0. The number of urea groups is 1. The zero-order valence-electron chi connectivity index (χ0n) is 15.1. The van der Waals surface area contributed by atoms with Gasteiger partial charge in [-0.25, -0.2) is 17.5 Å². The lowest BCUT2D eigenvalue weighted by Gasteiger charge is -2.36. The number of nitrogens with zero attached hydrogens (tertiary/aromatic N) is 2. The monoisotopic (exact) mass is 381 g/mol. The number of rotatable bonds is 4. The van der Waals surface area contributed by atoms with Crippen LogP contribution in [0.15, 0.2) is 30.3 Å². The van der Waals surface area contributed by atoms with Crippen molar-refractivity contribution in [1.82, 2.24) is 9.21 Å². The number of ether oxygens (including phenoxy) is 1. The predicted octanol–water partition coefficient (Wildman–Crippen LogP) is 2.12. The van der Waals surface area contributed by atoms with Crippen LogP contribution < -0.4 is 5.32 Å². The van der Waals surface area contributed by atoms with E-state index in [0.29, 0.717) is 26.2 Å². The van der Waals surface area contributed by atoms with Crippen molar-refractivity contribution in [1.29, 1.82) is 0 Å². The molecular weight excluding hydrogens is 354 g/mol. The average Bonchev–Trinajstić information content (AvgIpc) is 2.63. The van der Waals surface area contributed by atoms with Crippen LogP contribution in [-0.2, 0) is 14.8 Å². The number of para-hydroxylation sites is 1. The molecule has 7 nitrogen and oxygen atoms in total. The van der Waals surface area contributed by atoms with Gasteiger partial charge < -0.3 is 15.0 Å². The first-order valence-electron chi connectivity index (χ1n) is 9.13. The average molecular weight is 381 g/mol. The Bertz CT molecular complexity index is 694. The van der Waals surface area contributed by atoms with Gasteiger partial charge in [0.2, 0.25) is 10.0 Å². The highest BCUT2D eigenvalue weighted by molar-refractivity contribution is 7.88. The summed E-state index contributed by atoms with van der Waals surface area (Å²) in [5.41, 5.74) is 0.800. The number of anilines is 1. The third kappa shape index (κ3) is 5.18. The van der Waals surface area contributed by atoms with E-state index >= 15 is 0 Å². The summed E-state index contributed by atoms with van der Waals surface area (Å²) in [5, 5.41) is 2.91. The van der Waals surface area contributed by atoms with Crippen LogP contribution in [-0.4, -0.2) is 68.3 Å². The van der Waals surface area contributed by atoms with Gasteiger partial charge in [0, 0.05) is 31.9 Å².